The Morgan fingerprint density at radius 1 is 1.00 bits per heavy atom. The summed E-state index contributed by atoms with van der Waals surface area (Å²) in [5.74, 6) is 0.747. The predicted octanol–water partition coefficient (Wildman–Crippen LogP) is 1.88. The molecular formula is C10H24N2. The largest absolute Gasteiger partial charge is 0.330 e. The molecule has 0 amide bonds. The molecule has 0 aliphatic carbocycles. The summed E-state index contributed by atoms with van der Waals surface area (Å²) in [5, 5.41) is 0. The summed E-state index contributed by atoms with van der Waals surface area (Å²) < 4.78 is 0. The Kier molecular flexibility index (Phi) is 8.95. The molecule has 0 aromatic heterocycles. The highest BCUT2D eigenvalue weighted by molar-refractivity contribution is 4.60. The summed E-state index contributed by atoms with van der Waals surface area (Å²) in [6, 6.07) is 0. The maximum Gasteiger partial charge on any atom is -0.00489 e. The van der Waals surface area contributed by atoms with Crippen LogP contribution < -0.4 is 11.5 Å². The first-order chi connectivity index (χ1) is 5.85. The summed E-state index contributed by atoms with van der Waals surface area (Å²) >= 11 is 0. The molecule has 2 heteroatoms. The molecule has 1 atom stereocenters. The van der Waals surface area contributed by atoms with Crippen LogP contribution in [0.1, 0.15) is 45.4 Å². The molecule has 0 heterocycles. The summed E-state index contributed by atoms with van der Waals surface area (Å²) in [6.07, 6.45) is 7.59. The first kappa shape index (κ1) is 11.9. The van der Waals surface area contributed by atoms with Crippen molar-refractivity contribution in [3.05, 3.63) is 0 Å². The number of nitrogens with two attached hydrogens (primary N) is 2. The normalized spacial score (nSPS) is 13.2. The van der Waals surface area contributed by atoms with Crippen LogP contribution in [0.3, 0.4) is 0 Å². The highest BCUT2D eigenvalue weighted by Crippen LogP contribution is 2.14. The molecule has 2 nitrogen and oxygen atoms in total. The van der Waals surface area contributed by atoms with E-state index in [0.717, 1.165) is 25.4 Å². The molecule has 0 aliphatic rings. The van der Waals surface area contributed by atoms with E-state index >= 15 is 0 Å². The van der Waals surface area contributed by atoms with Crippen molar-refractivity contribution in [2.45, 2.75) is 45.4 Å². The van der Waals surface area contributed by atoms with Gasteiger partial charge in [-0.15, -0.1) is 0 Å². The third kappa shape index (κ3) is 6.62. The molecular weight excluding hydrogens is 148 g/mol. The second-order valence-electron chi connectivity index (χ2n) is 3.53. The Balaban J connectivity index is 3.26. The minimum Gasteiger partial charge on any atom is -0.330 e. The van der Waals surface area contributed by atoms with Crippen molar-refractivity contribution in [1.82, 2.24) is 0 Å². The van der Waals surface area contributed by atoms with Crippen LogP contribution in [0.25, 0.3) is 0 Å². The Bertz CT molecular complexity index is 83.9. The van der Waals surface area contributed by atoms with Gasteiger partial charge in [-0.25, -0.2) is 0 Å². The number of rotatable bonds is 8. The van der Waals surface area contributed by atoms with E-state index in [9.17, 15) is 0 Å². The van der Waals surface area contributed by atoms with E-state index in [4.69, 9.17) is 11.5 Å². The smallest absolute Gasteiger partial charge is 0.00489 e. The maximum atomic E-state index is 5.66. The van der Waals surface area contributed by atoms with E-state index < -0.39 is 0 Å². The lowest BCUT2D eigenvalue weighted by Gasteiger charge is -2.13. The van der Waals surface area contributed by atoms with Crippen LogP contribution in [0, 0.1) is 5.92 Å². The van der Waals surface area contributed by atoms with Gasteiger partial charge in [0, 0.05) is 0 Å². The van der Waals surface area contributed by atoms with Gasteiger partial charge in [-0.05, 0) is 38.3 Å². The first-order valence-electron chi connectivity index (χ1n) is 5.25. The van der Waals surface area contributed by atoms with Crippen LogP contribution in [0.2, 0.25) is 0 Å². The van der Waals surface area contributed by atoms with E-state index in [2.05, 4.69) is 6.92 Å². The molecule has 0 fully saturated rings. The fourth-order valence-corrected chi connectivity index (χ4v) is 1.45. The molecule has 0 saturated heterocycles. The molecule has 0 aromatic rings. The molecule has 0 radical (unpaired) electrons. The molecule has 1 unspecified atom stereocenters. The third-order valence-corrected chi connectivity index (χ3v) is 2.37. The van der Waals surface area contributed by atoms with Gasteiger partial charge >= 0.3 is 0 Å². The number of hydrogen-bond donors (Lipinski definition) is 2. The van der Waals surface area contributed by atoms with E-state index in [1.807, 2.05) is 0 Å². The van der Waals surface area contributed by atoms with E-state index in [1.54, 1.807) is 0 Å². The Morgan fingerprint density at radius 2 is 1.67 bits per heavy atom. The Labute approximate surface area is 76.7 Å². The SMILES string of the molecule is CCCCC(CN)CCCCN. The zero-order valence-corrected chi connectivity index (χ0v) is 8.39. The van der Waals surface area contributed by atoms with Crippen LogP contribution >= 0.6 is 0 Å². The van der Waals surface area contributed by atoms with Crippen molar-refractivity contribution in [1.29, 1.82) is 0 Å². The monoisotopic (exact) mass is 172 g/mol. The van der Waals surface area contributed by atoms with Gasteiger partial charge in [0.1, 0.15) is 0 Å². The van der Waals surface area contributed by atoms with Gasteiger partial charge in [-0.2, -0.15) is 0 Å². The van der Waals surface area contributed by atoms with Crippen molar-refractivity contribution in [3.63, 3.8) is 0 Å². The second-order valence-corrected chi connectivity index (χ2v) is 3.53. The quantitative estimate of drug-likeness (QED) is 0.549. The zero-order chi connectivity index (χ0) is 9.23. The fraction of sp³-hybridized carbons (Fsp3) is 1.00. The van der Waals surface area contributed by atoms with Gasteiger partial charge in [0.05, 0.1) is 0 Å². The lowest BCUT2D eigenvalue weighted by Crippen LogP contribution is -2.14. The highest BCUT2D eigenvalue weighted by Gasteiger charge is 2.04. The van der Waals surface area contributed by atoms with Gasteiger partial charge in [0.25, 0.3) is 0 Å². The highest BCUT2D eigenvalue weighted by atomic mass is 14.5. The van der Waals surface area contributed by atoms with Gasteiger partial charge < -0.3 is 11.5 Å². The summed E-state index contributed by atoms with van der Waals surface area (Å²) in [5.41, 5.74) is 11.1. The maximum absolute atomic E-state index is 5.66. The molecule has 0 spiro atoms. The van der Waals surface area contributed by atoms with Crippen LogP contribution in [0.5, 0.6) is 0 Å². The molecule has 0 saturated carbocycles. The lowest BCUT2D eigenvalue weighted by molar-refractivity contribution is 0.426. The van der Waals surface area contributed by atoms with Crippen LogP contribution in [0.4, 0.5) is 0 Å². The van der Waals surface area contributed by atoms with Crippen LogP contribution in [-0.2, 0) is 0 Å². The van der Waals surface area contributed by atoms with E-state index in [0.29, 0.717) is 0 Å². The van der Waals surface area contributed by atoms with Gasteiger partial charge in [-0.3, -0.25) is 0 Å². The predicted molar refractivity (Wildman–Crippen MR) is 55.0 cm³/mol. The van der Waals surface area contributed by atoms with Crippen molar-refractivity contribution < 1.29 is 0 Å². The molecule has 0 aliphatic heterocycles. The topological polar surface area (TPSA) is 52.0 Å². The molecule has 0 bridgehead atoms. The zero-order valence-electron chi connectivity index (χ0n) is 8.39. The lowest BCUT2D eigenvalue weighted by atomic mass is 9.96. The summed E-state index contributed by atoms with van der Waals surface area (Å²) in [6.45, 7) is 3.91. The minimum absolute atomic E-state index is 0.747. The van der Waals surface area contributed by atoms with E-state index in [-0.39, 0.29) is 0 Å². The van der Waals surface area contributed by atoms with Crippen molar-refractivity contribution in [2.75, 3.05) is 13.1 Å². The third-order valence-electron chi connectivity index (χ3n) is 2.37. The van der Waals surface area contributed by atoms with Gasteiger partial charge in [-0.1, -0.05) is 26.2 Å². The minimum atomic E-state index is 0.747. The fourth-order valence-electron chi connectivity index (χ4n) is 1.45. The standard InChI is InChI=1S/C10H24N2/c1-2-3-6-10(9-12)7-4-5-8-11/h10H,2-9,11-12H2,1H3. The molecule has 0 aromatic carbocycles. The first-order valence-corrected chi connectivity index (χ1v) is 5.25. The second kappa shape index (κ2) is 9.01. The molecule has 4 N–H and O–H groups in total. The van der Waals surface area contributed by atoms with Crippen molar-refractivity contribution >= 4 is 0 Å². The average Bonchev–Trinajstić information content (AvgIpc) is 2.11. The van der Waals surface area contributed by atoms with Gasteiger partial charge in [0.2, 0.25) is 0 Å². The van der Waals surface area contributed by atoms with Gasteiger partial charge in [0.15, 0.2) is 0 Å². The number of hydrogen-bond acceptors (Lipinski definition) is 2. The summed E-state index contributed by atoms with van der Waals surface area (Å²) in [7, 11) is 0. The summed E-state index contributed by atoms with van der Waals surface area (Å²) in [4.78, 5) is 0. The molecule has 0 rings (SSSR count). The van der Waals surface area contributed by atoms with Crippen molar-refractivity contribution in [2.24, 2.45) is 17.4 Å². The number of unbranched alkanes of at least 4 members (excludes halogenated alkanes) is 2. The van der Waals surface area contributed by atoms with Crippen LogP contribution in [0.15, 0.2) is 0 Å². The van der Waals surface area contributed by atoms with Crippen LogP contribution in [-0.4, -0.2) is 13.1 Å². The Hall–Kier alpha value is -0.0800. The Morgan fingerprint density at radius 3 is 2.17 bits per heavy atom. The average molecular weight is 172 g/mol. The van der Waals surface area contributed by atoms with E-state index in [1.165, 1.54) is 32.1 Å². The molecule has 74 valence electrons. The van der Waals surface area contributed by atoms with Crippen molar-refractivity contribution in [3.8, 4) is 0 Å². The molecule has 12 heavy (non-hydrogen) atoms.